The maximum Gasteiger partial charge on any atom is 0.287 e. The Morgan fingerprint density at radius 2 is 2.50 bits per heavy atom. The van der Waals surface area contributed by atoms with E-state index in [-0.39, 0.29) is 5.97 Å². The number of ether oxygens (including phenoxy) is 1. The molecule has 0 bridgehead atoms. The van der Waals surface area contributed by atoms with E-state index in [2.05, 4.69) is 10.1 Å². The molecule has 4 nitrogen and oxygen atoms in total. The lowest BCUT2D eigenvalue weighted by atomic mass is 10.2. The van der Waals surface area contributed by atoms with E-state index in [9.17, 15) is 4.79 Å². The highest BCUT2D eigenvalue weighted by Gasteiger charge is 2.18. The van der Waals surface area contributed by atoms with Gasteiger partial charge >= 0.3 is 0 Å². The van der Waals surface area contributed by atoms with E-state index in [4.69, 9.17) is 5.11 Å². The molecule has 1 rings (SSSR count). The predicted octanol–water partition coefficient (Wildman–Crippen LogP) is -0.334. The molecule has 0 saturated carbocycles. The van der Waals surface area contributed by atoms with Crippen LogP contribution in [0.2, 0.25) is 0 Å². The lowest BCUT2D eigenvalue weighted by molar-refractivity contribution is -0.141. The van der Waals surface area contributed by atoms with Crippen LogP contribution in [0.15, 0.2) is 0 Å². The van der Waals surface area contributed by atoms with Crippen LogP contribution < -0.4 is 0 Å². The van der Waals surface area contributed by atoms with Crippen molar-refractivity contribution in [2.45, 2.75) is 18.6 Å². The standard InChI is InChI=1S/C6H10NO3/c1-10-6(9)5-2-4(8)3-7-5/h4-5,8H,2-3H2,1H3/q-1/t4-,5+/m1/s1. The van der Waals surface area contributed by atoms with Gasteiger partial charge in [0.05, 0.1) is 7.11 Å². The van der Waals surface area contributed by atoms with Gasteiger partial charge in [-0.3, -0.25) is 4.79 Å². The van der Waals surface area contributed by atoms with Crippen LogP contribution in [-0.4, -0.2) is 36.9 Å². The van der Waals surface area contributed by atoms with Crippen LogP contribution in [-0.2, 0) is 9.53 Å². The first-order valence-electron chi connectivity index (χ1n) is 3.16. The van der Waals surface area contributed by atoms with Gasteiger partial charge in [0.15, 0.2) is 0 Å². The van der Waals surface area contributed by atoms with Gasteiger partial charge in [-0.25, -0.2) is 0 Å². The Balaban J connectivity index is 2.37. The number of aliphatic hydroxyl groups excluding tert-OH is 1. The monoisotopic (exact) mass is 144 g/mol. The minimum Gasteiger partial charge on any atom is -0.648 e. The molecule has 10 heavy (non-hydrogen) atoms. The first-order chi connectivity index (χ1) is 4.74. The van der Waals surface area contributed by atoms with Crippen molar-refractivity contribution in [3.8, 4) is 0 Å². The maximum atomic E-state index is 10.7. The van der Waals surface area contributed by atoms with E-state index < -0.39 is 12.1 Å². The normalized spacial score (nSPS) is 32.2. The Morgan fingerprint density at radius 3 is 2.90 bits per heavy atom. The molecule has 1 saturated heterocycles. The molecule has 0 aliphatic carbocycles. The third-order valence-corrected chi connectivity index (χ3v) is 1.51. The smallest absolute Gasteiger partial charge is 0.287 e. The molecule has 0 amide bonds. The second-order valence-electron chi connectivity index (χ2n) is 2.29. The van der Waals surface area contributed by atoms with Gasteiger partial charge in [-0.2, -0.15) is 0 Å². The number of hydrogen-bond donors (Lipinski definition) is 1. The van der Waals surface area contributed by atoms with Crippen molar-refractivity contribution >= 4 is 5.97 Å². The predicted molar refractivity (Wildman–Crippen MR) is 34.7 cm³/mol. The van der Waals surface area contributed by atoms with Gasteiger partial charge in [0.25, 0.3) is 5.97 Å². The first kappa shape index (κ1) is 7.50. The molecule has 0 aromatic carbocycles. The summed E-state index contributed by atoms with van der Waals surface area (Å²) >= 11 is 0. The van der Waals surface area contributed by atoms with Crippen LogP contribution in [0.5, 0.6) is 0 Å². The highest BCUT2D eigenvalue weighted by atomic mass is 16.5. The number of carbonyl (C=O) groups excluding carboxylic acids is 1. The number of rotatable bonds is 1. The van der Waals surface area contributed by atoms with Crippen LogP contribution in [0, 0.1) is 0 Å². The van der Waals surface area contributed by atoms with Gasteiger partial charge in [-0.15, -0.1) is 6.54 Å². The second kappa shape index (κ2) is 2.98. The van der Waals surface area contributed by atoms with E-state index in [1.54, 1.807) is 0 Å². The zero-order chi connectivity index (χ0) is 7.56. The molecule has 1 aliphatic rings. The molecule has 4 heteroatoms. The zero-order valence-electron chi connectivity index (χ0n) is 5.78. The molecule has 0 aromatic rings. The maximum absolute atomic E-state index is 10.7. The minimum atomic E-state index is -0.455. The summed E-state index contributed by atoms with van der Waals surface area (Å²) in [6.07, 6.45) is -0.0451. The number of esters is 1. The average Bonchev–Trinajstić information content (AvgIpc) is 2.34. The van der Waals surface area contributed by atoms with Crippen molar-refractivity contribution in [3.05, 3.63) is 5.32 Å². The van der Waals surface area contributed by atoms with Gasteiger partial charge in [0.2, 0.25) is 0 Å². The second-order valence-corrected chi connectivity index (χ2v) is 2.29. The molecular formula is C6H10NO3-. The van der Waals surface area contributed by atoms with Crippen molar-refractivity contribution in [2.75, 3.05) is 13.7 Å². The summed E-state index contributed by atoms with van der Waals surface area (Å²) < 4.78 is 4.44. The average molecular weight is 144 g/mol. The van der Waals surface area contributed by atoms with E-state index in [1.807, 2.05) is 0 Å². The SMILES string of the molecule is COC(=O)[C@@H]1C[C@@H](O)C[N-]1. The molecule has 1 N–H and O–H groups in total. The summed E-state index contributed by atoms with van der Waals surface area (Å²) in [5, 5.41) is 12.8. The molecule has 0 aromatic heterocycles. The summed E-state index contributed by atoms with van der Waals surface area (Å²) in [5.41, 5.74) is 0. The summed E-state index contributed by atoms with van der Waals surface area (Å²) in [6.45, 7) is 0.361. The molecular weight excluding hydrogens is 134 g/mol. The van der Waals surface area contributed by atoms with Gasteiger partial charge in [-0.05, 0) is 12.5 Å². The van der Waals surface area contributed by atoms with Crippen LogP contribution in [0.3, 0.4) is 0 Å². The van der Waals surface area contributed by atoms with Crippen molar-refractivity contribution in [1.29, 1.82) is 0 Å². The topological polar surface area (TPSA) is 60.6 Å². The Hall–Kier alpha value is -0.610. The van der Waals surface area contributed by atoms with Gasteiger partial charge in [0.1, 0.15) is 0 Å². The molecule has 0 radical (unpaired) electrons. The fourth-order valence-corrected chi connectivity index (χ4v) is 0.963. The fraction of sp³-hybridized carbons (Fsp3) is 0.833. The largest absolute Gasteiger partial charge is 0.648 e. The minimum absolute atomic E-state index is 0.350. The van der Waals surface area contributed by atoms with E-state index in [1.165, 1.54) is 7.11 Å². The van der Waals surface area contributed by atoms with Gasteiger partial charge in [-0.1, -0.05) is 0 Å². The molecule has 1 heterocycles. The first-order valence-corrected chi connectivity index (χ1v) is 3.16. The van der Waals surface area contributed by atoms with Gasteiger partial charge < -0.3 is 15.2 Å². The lowest BCUT2D eigenvalue weighted by Gasteiger charge is -2.17. The number of methoxy groups -OCH3 is 1. The van der Waals surface area contributed by atoms with Crippen molar-refractivity contribution in [3.63, 3.8) is 0 Å². The molecule has 2 atom stereocenters. The Labute approximate surface area is 59.2 Å². The fourth-order valence-electron chi connectivity index (χ4n) is 0.963. The summed E-state index contributed by atoms with van der Waals surface area (Å²) in [4.78, 5) is 10.7. The van der Waals surface area contributed by atoms with Crippen LogP contribution in [0.1, 0.15) is 6.42 Å². The zero-order valence-corrected chi connectivity index (χ0v) is 5.78. The number of hydrogen-bond acceptors (Lipinski definition) is 3. The molecule has 1 fully saturated rings. The van der Waals surface area contributed by atoms with E-state index in [0.717, 1.165) is 0 Å². The van der Waals surface area contributed by atoms with E-state index >= 15 is 0 Å². The quantitative estimate of drug-likeness (QED) is 0.512. The van der Waals surface area contributed by atoms with Gasteiger partial charge in [0, 0.05) is 6.10 Å². The Morgan fingerprint density at radius 1 is 1.80 bits per heavy atom. The number of carbonyl (C=O) groups is 1. The molecule has 0 spiro atoms. The number of nitrogens with zero attached hydrogens (tertiary/aromatic N) is 1. The number of aliphatic hydroxyl groups is 1. The Bertz CT molecular complexity index is 137. The van der Waals surface area contributed by atoms with Crippen LogP contribution in [0.25, 0.3) is 5.32 Å². The summed E-state index contributed by atoms with van der Waals surface area (Å²) in [6, 6.07) is -0.431. The highest BCUT2D eigenvalue weighted by Crippen LogP contribution is 2.19. The summed E-state index contributed by atoms with van der Waals surface area (Å²) in [7, 11) is 1.32. The Kier molecular flexibility index (Phi) is 2.24. The van der Waals surface area contributed by atoms with Crippen molar-refractivity contribution in [2.24, 2.45) is 0 Å². The lowest BCUT2D eigenvalue weighted by Crippen LogP contribution is -2.18. The highest BCUT2D eigenvalue weighted by molar-refractivity contribution is 5.79. The molecule has 58 valence electrons. The third-order valence-electron chi connectivity index (χ3n) is 1.51. The van der Waals surface area contributed by atoms with Crippen molar-refractivity contribution < 1.29 is 14.6 Å². The van der Waals surface area contributed by atoms with Crippen LogP contribution in [0.4, 0.5) is 0 Å². The third kappa shape index (κ3) is 1.46. The molecule has 0 unspecified atom stereocenters. The van der Waals surface area contributed by atoms with Crippen LogP contribution >= 0.6 is 0 Å². The summed E-state index contributed by atoms with van der Waals surface area (Å²) in [5.74, 6) is -0.350. The van der Waals surface area contributed by atoms with Crippen molar-refractivity contribution in [1.82, 2.24) is 0 Å². The molecule has 1 aliphatic heterocycles. The van der Waals surface area contributed by atoms with E-state index in [0.29, 0.717) is 13.0 Å².